The first-order valence-corrected chi connectivity index (χ1v) is 11.9. The molecule has 176 valence electrons. The molecule has 0 aliphatic carbocycles. The average molecular weight is 487 g/mol. The van der Waals surface area contributed by atoms with Crippen molar-refractivity contribution in [1.82, 2.24) is 4.72 Å². The zero-order valence-electron chi connectivity index (χ0n) is 18.4. The first kappa shape index (κ1) is 26.1. The number of carboxylic acid groups (broad SMARTS) is 1. The van der Waals surface area contributed by atoms with Crippen LogP contribution in [0.15, 0.2) is 35.2 Å². The molecule has 0 saturated carbocycles. The van der Waals surface area contributed by atoms with Gasteiger partial charge >= 0.3 is 5.97 Å². The van der Waals surface area contributed by atoms with Gasteiger partial charge in [0.1, 0.15) is 16.8 Å². The third-order valence-electron chi connectivity index (χ3n) is 5.31. The molecule has 0 aliphatic rings. The Bertz CT molecular complexity index is 1080. The number of methoxy groups -OCH3 is 1. The van der Waals surface area contributed by atoms with Gasteiger partial charge in [-0.25, -0.2) is 12.8 Å². The van der Waals surface area contributed by atoms with E-state index in [9.17, 15) is 22.7 Å². The number of nitrogens with one attached hydrogen (secondary N) is 2. The van der Waals surface area contributed by atoms with Crippen LogP contribution in [0.2, 0.25) is 5.02 Å². The lowest BCUT2D eigenvalue weighted by molar-refractivity contribution is -0.139. The maximum atomic E-state index is 14.6. The normalized spacial score (nSPS) is 13.6. The van der Waals surface area contributed by atoms with Crippen molar-refractivity contribution in [2.45, 2.75) is 44.0 Å². The molecule has 2 aromatic rings. The largest absolute Gasteiger partial charge is 0.480 e. The van der Waals surface area contributed by atoms with Gasteiger partial charge in [0, 0.05) is 31.2 Å². The Balaban J connectivity index is 2.40. The van der Waals surface area contributed by atoms with Gasteiger partial charge in [-0.15, -0.1) is 0 Å². The molecule has 7 nitrogen and oxygen atoms in total. The third kappa shape index (κ3) is 6.19. The number of carboxylic acids is 1. The van der Waals surface area contributed by atoms with E-state index in [1.807, 2.05) is 0 Å². The first-order valence-electron chi connectivity index (χ1n) is 10.0. The Morgan fingerprint density at radius 1 is 1.25 bits per heavy atom. The molecule has 0 aromatic heterocycles. The number of anilines is 1. The molecule has 2 atom stereocenters. The van der Waals surface area contributed by atoms with Crippen LogP contribution >= 0.6 is 11.6 Å². The lowest BCUT2D eigenvalue weighted by atomic mass is 9.88. The molecule has 0 bridgehead atoms. The summed E-state index contributed by atoms with van der Waals surface area (Å²) >= 11 is 6.03. The highest BCUT2D eigenvalue weighted by molar-refractivity contribution is 7.89. The molecule has 2 aromatic carbocycles. The van der Waals surface area contributed by atoms with Crippen LogP contribution in [0.1, 0.15) is 36.0 Å². The van der Waals surface area contributed by atoms with Crippen LogP contribution in [0.4, 0.5) is 10.1 Å². The summed E-state index contributed by atoms with van der Waals surface area (Å²) < 4.78 is 48.1. The number of hydrogen-bond donors (Lipinski definition) is 3. The highest BCUT2D eigenvalue weighted by atomic mass is 35.5. The standard InChI is InChI=1S/C22H28ClFN2O5S/c1-13-6-8-17(24)20(14(13)2)15(3)21(22(27)28)26-32(29,30)19-9-7-16(23)12-18(19)25-10-5-11-31-4/h6-9,12,15,21,25-26H,5,10-11H2,1-4H3,(H,27,28)/t15-,21+/m1/s1. The zero-order valence-corrected chi connectivity index (χ0v) is 20.0. The van der Waals surface area contributed by atoms with Crippen LogP contribution in [-0.2, 0) is 19.6 Å². The molecule has 0 amide bonds. The van der Waals surface area contributed by atoms with Gasteiger partial charge in [-0.2, -0.15) is 4.72 Å². The van der Waals surface area contributed by atoms with Crippen molar-refractivity contribution in [1.29, 1.82) is 0 Å². The molecular formula is C22H28ClFN2O5S. The van der Waals surface area contributed by atoms with E-state index in [1.54, 1.807) is 27.0 Å². The molecule has 3 N–H and O–H groups in total. The Morgan fingerprint density at radius 2 is 1.94 bits per heavy atom. The van der Waals surface area contributed by atoms with Crippen LogP contribution in [0.3, 0.4) is 0 Å². The molecule has 10 heteroatoms. The van der Waals surface area contributed by atoms with E-state index in [4.69, 9.17) is 16.3 Å². The van der Waals surface area contributed by atoms with Crippen molar-refractivity contribution < 1.29 is 27.4 Å². The van der Waals surface area contributed by atoms with Gasteiger partial charge in [-0.05, 0) is 61.2 Å². The molecule has 0 heterocycles. The maximum absolute atomic E-state index is 14.6. The van der Waals surface area contributed by atoms with E-state index < -0.39 is 33.8 Å². The summed E-state index contributed by atoms with van der Waals surface area (Å²) in [4.78, 5) is 11.9. The Kier molecular flexibility index (Phi) is 9.03. The first-order chi connectivity index (χ1) is 15.0. The average Bonchev–Trinajstić information content (AvgIpc) is 2.72. The number of carbonyl (C=O) groups is 1. The summed E-state index contributed by atoms with van der Waals surface area (Å²) in [5.41, 5.74) is 1.75. The number of sulfonamides is 1. The van der Waals surface area contributed by atoms with E-state index in [0.717, 1.165) is 5.56 Å². The van der Waals surface area contributed by atoms with Crippen molar-refractivity contribution in [2.24, 2.45) is 0 Å². The van der Waals surface area contributed by atoms with Crippen molar-refractivity contribution in [3.63, 3.8) is 0 Å². The van der Waals surface area contributed by atoms with Crippen LogP contribution in [-0.4, -0.2) is 45.8 Å². The van der Waals surface area contributed by atoms with Gasteiger partial charge in [-0.3, -0.25) is 4.79 Å². The molecule has 0 aliphatic heterocycles. The van der Waals surface area contributed by atoms with E-state index in [1.165, 1.54) is 31.2 Å². The molecule has 0 radical (unpaired) electrons. The third-order valence-corrected chi connectivity index (χ3v) is 7.04. The molecule has 0 unspecified atom stereocenters. The Hall–Kier alpha value is -2.20. The molecule has 2 rings (SSSR count). The van der Waals surface area contributed by atoms with Gasteiger partial charge in [0.15, 0.2) is 0 Å². The maximum Gasteiger partial charge on any atom is 0.322 e. The molecular weight excluding hydrogens is 459 g/mol. The van der Waals surface area contributed by atoms with Crippen molar-refractivity contribution >= 4 is 33.3 Å². The Morgan fingerprint density at radius 3 is 2.56 bits per heavy atom. The van der Waals surface area contributed by atoms with Gasteiger partial charge in [0.05, 0.1) is 5.69 Å². The van der Waals surface area contributed by atoms with Gasteiger partial charge in [0.25, 0.3) is 0 Å². The van der Waals surface area contributed by atoms with Crippen molar-refractivity contribution in [3.8, 4) is 0 Å². The molecule has 32 heavy (non-hydrogen) atoms. The van der Waals surface area contributed by atoms with Crippen LogP contribution in [0, 0.1) is 19.7 Å². The lowest BCUT2D eigenvalue weighted by Gasteiger charge is -2.25. The molecule has 0 fully saturated rings. The minimum Gasteiger partial charge on any atom is -0.480 e. The monoisotopic (exact) mass is 486 g/mol. The number of benzene rings is 2. The zero-order chi connectivity index (χ0) is 24.1. The van der Waals surface area contributed by atoms with Gasteiger partial charge in [0.2, 0.25) is 10.0 Å². The number of rotatable bonds is 11. The molecule has 0 saturated heterocycles. The van der Waals surface area contributed by atoms with Crippen LogP contribution in [0.25, 0.3) is 0 Å². The minimum atomic E-state index is -4.29. The van der Waals surface area contributed by atoms with Crippen LogP contribution < -0.4 is 10.0 Å². The van der Waals surface area contributed by atoms with Gasteiger partial charge in [-0.1, -0.05) is 24.6 Å². The fourth-order valence-corrected chi connectivity index (χ4v) is 5.05. The Labute approximate surface area is 193 Å². The summed E-state index contributed by atoms with van der Waals surface area (Å²) in [5.74, 6) is -2.96. The topological polar surface area (TPSA) is 105 Å². The second kappa shape index (κ2) is 11.1. The second-order valence-corrected chi connectivity index (χ2v) is 9.66. The van der Waals surface area contributed by atoms with E-state index in [2.05, 4.69) is 10.0 Å². The highest BCUT2D eigenvalue weighted by Crippen LogP contribution is 2.30. The summed E-state index contributed by atoms with van der Waals surface area (Å²) in [6.07, 6.45) is 0.622. The highest BCUT2D eigenvalue weighted by Gasteiger charge is 2.34. The second-order valence-electron chi connectivity index (χ2n) is 7.54. The minimum absolute atomic E-state index is 0.154. The van der Waals surface area contributed by atoms with Crippen LogP contribution in [0.5, 0.6) is 0 Å². The number of aliphatic carboxylic acids is 1. The summed E-state index contributed by atoms with van der Waals surface area (Å²) in [5, 5.41) is 13.1. The van der Waals surface area contributed by atoms with Crippen molar-refractivity contribution in [2.75, 3.05) is 25.6 Å². The van der Waals surface area contributed by atoms with E-state index >= 15 is 0 Å². The predicted molar refractivity (Wildman–Crippen MR) is 122 cm³/mol. The van der Waals surface area contributed by atoms with Crippen molar-refractivity contribution in [3.05, 3.63) is 57.9 Å². The number of hydrogen-bond acceptors (Lipinski definition) is 5. The fourth-order valence-electron chi connectivity index (χ4n) is 3.44. The number of aryl methyl sites for hydroxylation is 1. The van der Waals surface area contributed by atoms with E-state index in [0.29, 0.717) is 30.2 Å². The quantitative estimate of drug-likeness (QED) is 0.413. The summed E-state index contributed by atoms with van der Waals surface area (Å²) in [6, 6.07) is 5.41. The van der Waals surface area contributed by atoms with E-state index in [-0.39, 0.29) is 16.1 Å². The summed E-state index contributed by atoms with van der Waals surface area (Å²) in [6.45, 7) is 5.84. The fraction of sp³-hybridized carbons (Fsp3) is 0.409. The molecule has 0 spiro atoms. The lowest BCUT2D eigenvalue weighted by Crippen LogP contribution is -2.44. The number of ether oxygens (including phenoxy) is 1. The predicted octanol–water partition coefficient (Wildman–Crippen LogP) is 4.08. The SMILES string of the molecule is COCCCNc1cc(Cl)ccc1S(=O)(=O)N[C@H](C(=O)O)[C@H](C)c1c(F)ccc(C)c1C. The van der Waals surface area contributed by atoms with Gasteiger partial charge < -0.3 is 15.2 Å². The smallest absolute Gasteiger partial charge is 0.322 e. The summed E-state index contributed by atoms with van der Waals surface area (Å²) in [7, 11) is -2.73. The number of halogens is 2.